The molecule has 11 atom stereocenters. The second-order valence-electron chi connectivity index (χ2n) is 17.5. The van der Waals surface area contributed by atoms with Crippen LogP contribution in [-0.2, 0) is 42.9 Å². The van der Waals surface area contributed by atoms with Gasteiger partial charge in [0.1, 0.15) is 23.9 Å². The van der Waals surface area contributed by atoms with Crippen LogP contribution in [0.4, 0.5) is 0 Å². The summed E-state index contributed by atoms with van der Waals surface area (Å²) in [5.74, 6) is -6.16. The summed E-state index contributed by atoms with van der Waals surface area (Å²) in [6.45, 7) is 7.08. The Bertz CT molecular complexity index is 2300. The largest absolute Gasteiger partial charge is 0.456 e. The van der Waals surface area contributed by atoms with E-state index < -0.39 is 107 Å². The molecular weight excluding hydrogens is 787 g/mol. The van der Waals surface area contributed by atoms with Gasteiger partial charge < -0.3 is 39.2 Å². The number of ether oxygens (including phenoxy) is 5. The first-order chi connectivity index (χ1) is 29.0. The molecule has 0 radical (unpaired) electrons. The van der Waals surface area contributed by atoms with E-state index in [-0.39, 0.29) is 41.2 Å². The Balaban J connectivity index is 1.26. The molecule has 3 saturated carbocycles. The number of benzene rings is 3. The third kappa shape index (κ3) is 6.75. The lowest BCUT2D eigenvalue weighted by Crippen LogP contribution is -2.78. The Kier molecular flexibility index (Phi) is 10.6. The van der Waals surface area contributed by atoms with Crippen molar-refractivity contribution in [2.45, 2.75) is 102 Å². The molecule has 1 heterocycles. The number of ketones is 1. The van der Waals surface area contributed by atoms with Gasteiger partial charge in [-0.05, 0) is 66.7 Å². The van der Waals surface area contributed by atoms with E-state index in [9.17, 15) is 34.2 Å². The van der Waals surface area contributed by atoms with E-state index >= 15 is 4.79 Å². The molecule has 14 nitrogen and oxygen atoms in total. The van der Waals surface area contributed by atoms with Crippen LogP contribution in [0.2, 0.25) is 0 Å². The number of rotatable bonds is 10. The van der Waals surface area contributed by atoms with Crippen LogP contribution >= 0.6 is 0 Å². The lowest BCUT2D eigenvalue weighted by Gasteiger charge is -2.64. The first kappa shape index (κ1) is 42.0. The van der Waals surface area contributed by atoms with Gasteiger partial charge >= 0.3 is 23.9 Å². The van der Waals surface area contributed by atoms with Crippen LogP contribution in [0.3, 0.4) is 0 Å². The molecule has 4 fully saturated rings. The Hall–Kier alpha value is -5.70. The van der Waals surface area contributed by atoms with Crippen molar-refractivity contribution in [3.05, 3.63) is 119 Å². The summed E-state index contributed by atoms with van der Waals surface area (Å²) in [4.78, 5) is 83.4. The second-order valence-corrected chi connectivity index (χ2v) is 17.5. The van der Waals surface area contributed by atoms with Crippen molar-refractivity contribution in [2.24, 2.45) is 22.7 Å². The first-order valence-electron chi connectivity index (χ1n) is 20.5. The van der Waals surface area contributed by atoms with Gasteiger partial charge in [0.2, 0.25) is 0 Å². The lowest BCUT2D eigenvalue weighted by molar-refractivity contribution is -0.323. The third-order valence-corrected chi connectivity index (χ3v) is 13.8. The number of aliphatic hydroxyl groups is 2. The highest BCUT2D eigenvalue weighted by atomic mass is 16.6. The van der Waals surface area contributed by atoms with Crippen LogP contribution in [0.25, 0.3) is 0 Å². The molecule has 2 bridgehead atoms. The number of hydrogen-bond donors (Lipinski definition) is 3. The van der Waals surface area contributed by atoms with E-state index in [2.05, 4.69) is 5.32 Å². The van der Waals surface area contributed by atoms with Crippen molar-refractivity contribution in [3.63, 3.8) is 0 Å². The summed E-state index contributed by atoms with van der Waals surface area (Å²) in [6, 6.07) is 23.4. The van der Waals surface area contributed by atoms with Crippen LogP contribution in [-0.4, -0.2) is 94.1 Å². The van der Waals surface area contributed by atoms with Gasteiger partial charge in [0.15, 0.2) is 23.6 Å². The molecule has 1 saturated heterocycles. The molecule has 3 N–H and O–H groups in total. The average Bonchev–Trinajstić information content (AvgIpc) is 3.96. The maximum Gasteiger partial charge on any atom is 0.338 e. The fourth-order valence-corrected chi connectivity index (χ4v) is 10.8. The SMILES string of the molecule is CC(=O)O[C@H]1C(=O)[C@]23C[C@H]2C[C@H]2OC[C@@]2(OC(C)=O)[C@H]3[C@H](OC(=O)c2ccccc2)[C@]2(O)C[C@H](OC(=O)[C@H](O)[C@@H](NC(=O)c3ccccc3)c3ccccc3)C(C)=C1C2(C)C. The van der Waals surface area contributed by atoms with Crippen LogP contribution in [0.5, 0.6) is 0 Å². The molecular formula is C47H49NO13. The lowest BCUT2D eigenvalue weighted by atomic mass is 9.48. The minimum Gasteiger partial charge on any atom is -0.456 e. The average molecular weight is 836 g/mol. The van der Waals surface area contributed by atoms with Gasteiger partial charge in [-0.2, -0.15) is 0 Å². The second kappa shape index (κ2) is 15.3. The van der Waals surface area contributed by atoms with Crippen molar-refractivity contribution in [2.75, 3.05) is 6.61 Å². The van der Waals surface area contributed by atoms with Crippen molar-refractivity contribution >= 4 is 35.6 Å². The number of hydrogen-bond acceptors (Lipinski definition) is 13. The predicted octanol–water partition coefficient (Wildman–Crippen LogP) is 4.37. The molecule has 0 aromatic heterocycles. The van der Waals surface area contributed by atoms with E-state index in [1.807, 2.05) is 0 Å². The summed E-state index contributed by atoms with van der Waals surface area (Å²) in [6.07, 6.45) is -7.19. The summed E-state index contributed by atoms with van der Waals surface area (Å²) in [5, 5.41) is 28.2. The molecule has 1 spiro atoms. The number of fused-ring (bicyclic) bond motifs is 4. The number of nitrogens with one attached hydrogen (secondary N) is 1. The molecule has 5 aliphatic rings. The van der Waals surface area contributed by atoms with Crippen molar-refractivity contribution in [3.8, 4) is 0 Å². The number of carbonyl (C=O) groups excluding carboxylic acids is 6. The number of aliphatic hydroxyl groups excluding tert-OH is 1. The number of carbonyl (C=O) groups is 6. The molecule has 4 aliphatic carbocycles. The Labute approximate surface area is 352 Å². The highest BCUT2D eigenvalue weighted by Crippen LogP contribution is 2.74. The van der Waals surface area contributed by atoms with Gasteiger partial charge in [0.25, 0.3) is 5.91 Å². The quantitative estimate of drug-likeness (QED) is 0.148. The zero-order valence-corrected chi connectivity index (χ0v) is 34.5. The zero-order chi connectivity index (χ0) is 43.6. The number of Topliss-reactive ketones (excluding diaryl/α,β-unsaturated/α-hetero) is 1. The van der Waals surface area contributed by atoms with Crippen LogP contribution < -0.4 is 5.32 Å². The van der Waals surface area contributed by atoms with E-state index in [1.165, 1.54) is 19.1 Å². The molecule has 3 aromatic rings. The summed E-state index contributed by atoms with van der Waals surface area (Å²) in [7, 11) is 0. The van der Waals surface area contributed by atoms with Crippen molar-refractivity contribution in [1.82, 2.24) is 5.32 Å². The minimum absolute atomic E-state index is 0.137. The molecule has 1 amide bonds. The van der Waals surface area contributed by atoms with Crippen LogP contribution in [0, 0.1) is 22.7 Å². The zero-order valence-electron chi connectivity index (χ0n) is 34.5. The Morgan fingerprint density at radius 3 is 2.00 bits per heavy atom. The van der Waals surface area contributed by atoms with Crippen LogP contribution in [0.1, 0.15) is 86.2 Å². The third-order valence-electron chi connectivity index (χ3n) is 13.8. The summed E-state index contributed by atoms with van der Waals surface area (Å²) < 4.78 is 30.7. The van der Waals surface area contributed by atoms with Gasteiger partial charge in [0.05, 0.1) is 24.1 Å². The monoisotopic (exact) mass is 835 g/mol. The molecule has 3 aromatic carbocycles. The number of esters is 4. The van der Waals surface area contributed by atoms with Gasteiger partial charge in [-0.15, -0.1) is 0 Å². The van der Waals surface area contributed by atoms with Gasteiger partial charge in [-0.1, -0.05) is 80.6 Å². The standard InChI is InChI=1S/C47H49NO13/c1-25-32(59-43(55)36(51)35(28-15-9-6-10-16-28)48-41(53)29-17-11-7-12-18-29)23-47(56)40(60-42(54)30-19-13-8-14-20-30)38-45(39(52)37(58-26(2)49)34(25)44(47,4)5)22-31(45)21-33-46(38,24-57-33)61-27(3)50/h6-20,31-33,35-38,40,51,56H,21-24H2,1-5H3,(H,48,53)/t31-,32+,33-,35+,36-,37-,38+,40+,45-,46+,47-/m1/s1. The van der Waals surface area contributed by atoms with Gasteiger partial charge in [0, 0.05) is 36.7 Å². The molecule has 8 rings (SSSR count). The van der Waals surface area contributed by atoms with E-state index in [4.69, 9.17) is 23.7 Å². The molecule has 1 aliphatic heterocycles. The van der Waals surface area contributed by atoms with Crippen LogP contribution in [0.15, 0.2) is 102 Å². The summed E-state index contributed by atoms with van der Waals surface area (Å²) in [5.41, 5.74) is -5.51. The maximum atomic E-state index is 15.5. The van der Waals surface area contributed by atoms with Crippen molar-refractivity contribution < 1.29 is 62.7 Å². The Morgan fingerprint density at radius 2 is 1.43 bits per heavy atom. The van der Waals surface area contributed by atoms with E-state index in [1.54, 1.807) is 99.6 Å². The highest BCUT2D eigenvalue weighted by Gasteiger charge is 2.84. The normalized spacial score (nSPS) is 32.7. The molecule has 0 unspecified atom stereocenters. The van der Waals surface area contributed by atoms with Crippen molar-refractivity contribution in [1.29, 1.82) is 0 Å². The Morgan fingerprint density at radius 1 is 0.820 bits per heavy atom. The maximum absolute atomic E-state index is 15.5. The topological polar surface area (TPSA) is 201 Å². The fraction of sp³-hybridized carbons (Fsp3) is 0.447. The highest BCUT2D eigenvalue weighted by molar-refractivity contribution is 5.98. The van der Waals surface area contributed by atoms with Gasteiger partial charge in [-0.25, -0.2) is 9.59 Å². The predicted molar refractivity (Wildman–Crippen MR) is 214 cm³/mol. The minimum atomic E-state index is -2.24. The number of amides is 1. The van der Waals surface area contributed by atoms with E-state index in [0.717, 1.165) is 6.92 Å². The molecule has 320 valence electrons. The molecule has 61 heavy (non-hydrogen) atoms. The van der Waals surface area contributed by atoms with Gasteiger partial charge in [-0.3, -0.25) is 19.2 Å². The van der Waals surface area contributed by atoms with E-state index in [0.29, 0.717) is 12.0 Å². The smallest absolute Gasteiger partial charge is 0.338 e. The first-order valence-corrected chi connectivity index (χ1v) is 20.5. The molecule has 14 heteroatoms. The fourth-order valence-electron chi connectivity index (χ4n) is 10.8. The summed E-state index contributed by atoms with van der Waals surface area (Å²) >= 11 is 0.